The minimum absolute atomic E-state index is 0.0609. The Labute approximate surface area is 147 Å². The van der Waals surface area contributed by atoms with Crippen LogP contribution in [0.5, 0.6) is 0 Å². The molecular weight excluding hydrogens is 356 g/mol. The minimum Gasteiger partial charge on any atom is -0.355 e. The van der Waals surface area contributed by atoms with E-state index in [2.05, 4.69) is 47.3 Å². The van der Waals surface area contributed by atoms with Gasteiger partial charge in [0, 0.05) is 18.7 Å². The van der Waals surface area contributed by atoms with Crippen LogP contribution in [-0.4, -0.2) is 23.2 Å². The van der Waals surface area contributed by atoms with E-state index in [0.717, 1.165) is 18.5 Å². The van der Waals surface area contributed by atoms with Crippen molar-refractivity contribution in [3.63, 3.8) is 0 Å². The molecule has 1 rings (SSSR count). The van der Waals surface area contributed by atoms with Crippen LogP contribution in [0.25, 0.3) is 0 Å². The van der Waals surface area contributed by atoms with Gasteiger partial charge in [-0.2, -0.15) is 0 Å². The highest BCUT2D eigenvalue weighted by atomic mass is 79.9. The lowest BCUT2D eigenvalue weighted by atomic mass is 9.87. The molecule has 0 aromatic heterocycles. The predicted octanol–water partition coefficient (Wildman–Crippen LogP) is 3.99. The molecule has 0 aliphatic heterocycles. The normalized spacial score (nSPS) is 12.6. The van der Waals surface area contributed by atoms with E-state index in [-0.39, 0.29) is 28.5 Å². The smallest absolute Gasteiger partial charge is 0.233 e. The van der Waals surface area contributed by atoms with Gasteiger partial charge in [-0.05, 0) is 29.5 Å². The number of amides is 2. The van der Waals surface area contributed by atoms with Gasteiger partial charge in [-0.3, -0.25) is 9.59 Å². The maximum absolute atomic E-state index is 11.9. The fraction of sp³-hybridized carbons (Fsp3) is 0.556. The molecular formula is C18H27BrN2O2. The first-order valence-electron chi connectivity index (χ1n) is 8.06. The van der Waals surface area contributed by atoms with E-state index in [0.29, 0.717) is 6.54 Å². The Morgan fingerprint density at radius 2 is 1.78 bits per heavy atom. The monoisotopic (exact) mass is 382 g/mol. The molecule has 0 aliphatic carbocycles. The molecule has 0 bridgehead atoms. The number of hydrogen-bond acceptors (Lipinski definition) is 2. The Hall–Kier alpha value is -1.36. The number of carbonyl (C=O) groups excluding carboxylic acids is 2. The van der Waals surface area contributed by atoms with Crippen LogP contribution in [0.3, 0.4) is 0 Å². The van der Waals surface area contributed by atoms with Gasteiger partial charge in [0.05, 0.1) is 4.83 Å². The van der Waals surface area contributed by atoms with Gasteiger partial charge >= 0.3 is 0 Å². The molecule has 1 atom stereocenters. The SMILES string of the molecule is CCC[C@H](Br)C(=O)NCCC(=O)Nc1ccc(C(C)(C)C)cc1. The number of nitrogens with one attached hydrogen (secondary N) is 2. The lowest BCUT2D eigenvalue weighted by molar-refractivity contribution is -0.120. The largest absolute Gasteiger partial charge is 0.355 e. The molecule has 0 saturated carbocycles. The standard InChI is InChI=1S/C18H27BrN2O2/c1-5-6-15(19)17(23)20-12-11-16(22)21-14-9-7-13(8-10-14)18(2,3)4/h7-10,15H,5-6,11-12H2,1-4H3,(H,20,23)(H,21,22)/t15-/m0/s1. The van der Waals surface area contributed by atoms with Crippen molar-refractivity contribution in [2.75, 3.05) is 11.9 Å². The van der Waals surface area contributed by atoms with Crippen LogP contribution in [0, 0.1) is 0 Å². The number of benzene rings is 1. The van der Waals surface area contributed by atoms with Crippen LogP contribution < -0.4 is 10.6 Å². The van der Waals surface area contributed by atoms with Gasteiger partial charge in [0.1, 0.15) is 0 Å². The summed E-state index contributed by atoms with van der Waals surface area (Å²) in [6, 6.07) is 7.87. The quantitative estimate of drug-likeness (QED) is 0.700. The number of halogens is 1. The van der Waals surface area contributed by atoms with Gasteiger partial charge in [0.25, 0.3) is 0 Å². The van der Waals surface area contributed by atoms with Crippen molar-refractivity contribution in [3.05, 3.63) is 29.8 Å². The van der Waals surface area contributed by atoms with Gasteiger partial charge in [0.15, 0.2) is 0 Å². The molecule has 0 aliphatic rings. The number of carbonyl (C=O) groups is 2. The highest BCUT2D eigenvalue weighted by Crippen LogP contribution is 2.23. The summed E-state index contributed by atoms with van der Waals surface area (Å²) in [6.07, 6.45) is 1.99. The maximum Gasteiger partial charge on any atom is 0.233 e. The van der Waals surface area contributed by atoms with E-state index in [9.17, 15) is 9.59 Å². The van der Waals surface area contributed by atoms with Gasteiger partial charge in [-0.1, -0.05) is 62.2 Å². The first kappa shape index (κ1) is 19.7. The van der Waals surface area contributed by atoms with E-state index in [1.807, 2.05) is 31.2 Å². The molecule has 0 fully saturated rings. The second-order valence-electron chi connectivity index (χ2n) is 6.67. The van der Waals surface area contributed by atoms with Gasteiger partial charge in [0.2, 0.25) is 11.8 Å². The van der Waals surface area contributed by atoms with E-state index >= 15 is 0 Å². The Balaban J connectivity index is 2.38. The van der Waals surface area contributed by atoms with Crippen molar-refractivity contribution in [2.45, 2.75) is 57.2 Å². The molecule has 1 aromatic rings. The van der Waals surface area contributed by atoms with E-state index in [1.165, 1.54) is 5.56 Å². The zero-order valence-electron chi connectivity index (χ0n) is 14.4. The lowest BCUT2D eigenvalue weighted by Crippen LogP contribution is -2.33. The average Bonchev–Trinajstić information content (AvgIpc) is 2.47. The number of hydrogen-bond donors (Lipinski definition) is 2. The Kier molecular flexibility index (Phi) is 7.76. The number of anilines is 1. The Morgan fingerprint density at radius 3 is 2.30 bits per heavy atom. The molecule has 0 heterocycles. The highest BCUT2D eigenvalue weighted by molar-refractivity contribution is 9.10. The topological polar surface area (TPSA) is 58.2 Å². The summed E-state index contributed by atoms with van der Waals surface area (Å²) < 4.78 is 0. The first-order valence-corrected chi connectivity index (χ1v) is 8.97. The fourth-order valence-corrected chi connectivity index (χ4v) is 2.69. The zero-order valence-corrected chi connectivity index (χ0v) is 16.0. The number of rotatable bonds is 7. The molecule has 2 amide bonds. The van der Waals surface area contributed by atoms with Gasteiger partial charge < -0.3 is 10.6 Å². The summed E-state index contributed by atoms with van der Waals surface area (Å²) in [5.41, 5.74) is 2.10. The molecule has 5 heteroatoms. The lowest BCUT2D eigenvalue weighted by Gasteiger charge is -2.19. The highest BCUT2D eigenvalue weighted by Gasteiger charge is 2.14. The summed E-state index contributed by atoms with van der Waals surface area (Å²) in [5, 5.41) is 5.61. The van der Waals surface area contributed by atoms with E-state index in [4.69, 9.17) is 0 Å². The maximum atomic E-state index is 11.9. The molecule has 23 heavy (non-hydrogen) atoms. The molecule has 128 valence electrons. The van der Waals surface area contributed by atoms with Crippen LogP contribution >= 0.6 is 15.9 Å². The average molecular weight is 383 g/mol. The second-order valence-corrected chi connectivity index (χ2v) is 7.78. The van der Waals surface area contributed by atoms with E-state index < -0.39 is 0 Å². The summed E-state index contributed by atoms with van der Waals surface area (Å²) in [5.74, 6) is -0.162. The zero-order chi connectivity index (χ0) is 17.5. The Morgan fingerprint density at radius 1 is 1.17 bits per heavy atom. The number of alkyl halides is 1. The van der Waals surface area contributed by atoms with Crippen LogP contribution in [0.15, 0.2) is 24.3 Å². The molecule has 0 unspecified atom stereocenters. The van der Waals surface area contributed by atoms with E-state index in [1.54, 1.807) is 0 Å². The summed E-state index contributed by atoms with van der Waals surface area (Å²) in [4.78, 5) is 23.4. The van der Waals surface area contributed by atoms with Gasteiger partial charge in [-0.15, -0.1) is 0 Å². The third kappa shape index (κ3) is 7.16. The van der Waals surface area contributed by atoms with Crippen molar-refractivity contribution in [1.82, 2.24) is 5.32 Å². The molecule has 2 N–H and O–H groups in total. The molecule has 0 radical (unpaired) electrons. The van der Waals surface area contributed by atoms with Crippen LogP contribution in [0.2, 0.25) is 0 Å². The molecule has 0 spiro atoms. The van der Waals surface area contributed by atoms with Crippen molar-refractivity contribution < 1.29 is 9.59 Å². The fourth-order valence-electron chi connectivity index (χ4n) is 2.07. The van der Waals surface area contributed by atoms with Crippen molar-refractivity contribution in [1.29, 1.82) is 0 Å². The third-order valence-corrected chi connectivity index (χ3v) is 4.39. The predicted molar refractivity (Wildman–Crippen MR) is 99.0 cm³/mol. The van der Waals surface area contributed by atoms with Crippen LogP contribution in [0.1, 0.15) is 52.5 Å². The minimum atomic E-state index is -0.180. The summed E-state index contributed by atoms with van der Waals surface area (Å²) in [6.45, 7) is 8.83. The van der Waals surface area contributed by atoms with Crippen molar-refractivity contribution >= 4 is 33.4 Å². The molecule has 0 saturated heterocycles. The molecule has 1 aromatic carbocycles. The second kappa shape index (κ2) is 9.06. The molecule has 4 nitrogen and oxygen atoms in total. The van der Waals surface area contributed by atoms with Crippen molar-refractivity contribution in [3.8, 4) is 0 Å². The Bertz CT molecular complexity index is 521. The first-order chi connectivity index (χ1) is 10.7. The summed E-state index contributed by atoms with van der Waals surface area (Å²) in [7, 11) is 0. The van der Waals surface area contributed by atoms with Crippen molar-refractivity contribution in [2.24, 2.45) is 0 Å². The van der Waals surface area contributed by atoms with Gasteiger partial charge in [-0.25, -0.2) is 0 Å². The third-order valence-electron chi connectivity index (χ3n) is 3.51. The van der Waals surface area contributed by atoms with Crippen LogP contribution in [-0.2, 0) is 15.0 Å². The summed E-state index contributed by atoms with van der Waals surface area (Å²) >= 11 is 3.33. The van der Waals surface area contributed by atoms with Crippen LogP contribution in [0.4, 0.5) is 5.69 Å².